The van der Waals surface area contributed by atoms with Gasteiger partial charge in [-0.1, -0.05) is 48.5 Å². The summed E-state index contributed by atoms with van der Waals surface area (Å²) >= 11 is 0. The lowest BCUT2D eigenvalue weighted by atomic mass is 10.0. The van der Waals surface area contributed by atoms with Crippen LogP contribution in [0.4, 0.5) is 5.69 Å². The van der Waals surface area contributed by atoms with Crippen LogP contribution in [0.25, 0.3) is 0 Å². The molecule has 17 heavy (non-hydrogen) atoms. The summed E-state index contributed by atoms with van der Waals surface area (Å²) in [5.74, 6) is 0. The molecule has 2 rings (SSSR count). The predicted octanol–water partition coefficient (Wildman–Crippen LogP) is 3.17. The summed E-state index contributed by atoms with van der Waals surface area (Å²) in [7, 11) is 3.99. The maximum Gasteiger partial charge on any atom is 0.0705 e. The minimum atomic E-state index is 0.565. The quantitative estimate of drug-likeness (QED) is 0.796. The third-order valence-corrected chi connectivity index (χ3v) is 2.72. The highest BCUT2D eigenvalue weighted by Crippen LogP contribution is 2.21. The summed E-state index contributed by atoms with van der Waals surface area (Å²) < 4.78 is 0. The van der Waals surface area contributed by atoms with Crippen LogP contribution in [-0.2, 0) is 0 Å². The van der Waals surface area contributed by atoms with Gasteiger partial charge in [0, 0.05) is 30.9 Å². The second-order valence-electron chi connectivity index (χ2n) is 4.15. The van der Waals surface area contributed by atoms with Gasteiger partial charge < -0.3 is 4.90 Å². The molecular formula is C15H16N2. The lowest BCUT2D eigenvalue weighted by molar-refractivity contribution is 1.13. The highest BCUT2D eigenvalue weighted by atomic mass is 15.1. The first-order chi connectivity index (χ1) is 8.20. The molecular weight excluding hydrogens is 208 g/mol. The van der Waals surface area contributed by atoms with Crippen molar-refractivity contribution in [2.24, 2.45) is 0 Å². The summed E-state index contributed by atoms with van der Waals surface area (Å²) in [4.78, 5) is 2.03. The SMILES string of the molecule is CN(C)c1ccccc1C(=N)c1ccccc1. The molecule has 2 heteroatoms. The molecule has 2 aromatic rings. The lowest BCUT2D eigenvalue weighted by Gasteiger charge is -2.17. The summed E-state index contributed by atoms with van der Waals surface area (Å²) in [5, 5.41) is 8.28. The molecule has 0 spiro atoms. The number of nitrogens with one attached hydrogen (secondary N) is 1. The Balaban J connectivity index is 2.45. The first kappa shape index (κ1) is 11.4. The monoisotopic (exact) mass is 224 g/mol. The van der Waals surface area contributed by atoms with Gasteiger partial charge in [0.1, 0.15) is 0 Å². The number of hydrogen-bond donors (Lipinski definition) is 1. The zero-order chi connectivity index (χ0) is 12.3. The smallest absolute Gasteiger partial charge is 0.0705 e. The van der Waals surface area contributed by atoms with Crippen LogP contribution < -0.4 is 4.90 Å². The fourth-order valence-electron chi connectivity index (χ4n) is 1.84. The van der Waals surface area contributed by atoms with Crippen LogP contribution >= 0.6 is 0 Å². The van der Waals surface area contributed by atoms with E-state index in [1.54, 1.807) is 0 Å². The third-order valence-electron chi connectivity index (χ3n) is 2.72. The average Bonchev–Trinajstić information content (AvgIpc) is 2.39. The van der Waals surface area contributed by atoms with Gasteiger partial charge in [-0.3, -0.25) is 5.41 Å². The normalized spacial score (nSPS) is 10.0. The largest absolute Gasteiger partial charge is 0.377 e. The molecule has 2 nitrogen and oxygen atoms in total. The van der Waals surface area contributed by atoms with Crippen molar-refractivity contribution in [2.45, 2.75) is 0 Å². The van der Waals surface area contributed by atoms with E-state index in [0.717, 1.165) is 16.8 Å². The van der Waals surface area contributed by atoms with Crippen molar-refractivity contribution in [3.8, 4) is 0 Å². The van der Waals surface area contributed by atoms with Gasteiger partial charge in [-0.05, 0) is 6.07 Å². The third kappa shape index (κ3) is 2.36. The lowest BCUT2D eigenvalue weighted by Crippen LogP contribution is -2.14. The molecule has 1 N–H and O–H groups in total. The molecule has 0 fully saturated rings. The van der Waals surface area contributed by atoms with Crippen LogP contribution in [0.2, 0.25) is 0 Å². The first-order valence-electron chi connectivity index (χ1n) is 5.61. The van der Waals surface area contributed by atoms with E-state index in [-0.39, 0.29) is 0 Å². The van der Waals surface area contributed by atoms with Crippen molar-refractivity contribution in [3.63, 3.8) is 0 Å². The van der Waals surface area contributed by atoms with Crippen molar-refractivity contribution in [3.05, 3.63) is 65.7 Å². The second-order valence-corrected chi connectivity index (χ2v) is 4.15. The fraction of sp³-hybridized carbons (Fsp3) is 0.133. The summed E-state index contributed by atoms with van der Waals surface area (Å²) in [6.07, 6.45) is 0. The predicted molar refractivity (Wildman–Crippen MR) is 73.1 cm³/mol. The number of para-hydroxylation sites is 1. The van der Waals surface area contributed by atoms with E-state index in [4.69, 9.17) is 5.41 Å². The molecule has 0 saturated carbocycles. The molecule has 0 radical (unpaired) electrons. The van der Waals surface area contributed by atoms with E-state index in [2.05, 4.69) is 0 Å². The maximum absolute atomic E-state index is 8.28. The van der Waals surface area contributed by atoms with E-state index < -0.39 is 0 Å². The first-order valence-corrected chi connectivity index (χ1v) is 5.61. The summed E-state index contributed by atoms with van der Waals surface area (Å²) in [5.41, 5.74) is 3.54. The van der Waals surface area contributed by atoms with Gasteiger partial charge in [-0.2, -0.15) is 0 Å². The van der Waals surface area contributed by atoms with E-state index >= 15 is 0 Å². The van der Waals surface area contributed by atoms with Gasteiger partial charge in [0.2, 0.25) is 0 Å². The Kier molecular flexibility index (Phi) is 3.24. The Morgan fingerprint density at radius 2 is 1.47 bits per heavy atom. The van der Waals surface area contributed by atoms with Crippen molar-refractivity contribution in [1.29, 1.82) is 5.41 Å². The Morgan fingerprint density at radius 3 is 2.12 bits per heavy atom. The molecule has 86 valence electrons. The molecule has 0 bridgehead atoms. The molecule has 0 unspecified atom stereocenters. The molecule has 0 aromatic heterocycles. The Hall–Kier alpha value is -2.09. The number of anilines is 1. The van der Waals surface area contributed by atoms with Gasteiger partial charge in [0.15, 0.2) is 0 Å². The molecule has 0 atom stereocenters. The Bertz CT molecular complexity index is 515. The number of benzene rings is 2. The number of hydrogen-bond acceptors (Lipinski definition) is 2. The molecule has 0 aliphatic carbocycles. The van der Waals surface area contributed by atoms with Gasteiger partial charge in [-0.15, -0.1) is 0 Å². The molecule has 0 aliphatic rings. The highest BCUT2D eigenvalue weighted by Gasteiger charge is 2.10. The number of rotatable bonds is 3. The van der Waals surface area contributed by atoms with Crippen LogP contribution in [0, 0.1) is 5.41 Å². The van der Waals surface area contributed by atoms with Gasteiger partial charge in [0.25, 0.3) is 0 Å². The van der Waals surface area contributed by atoms with E-state index in [1.807, 2.05) is 73.6 Å². The fourth-order valence-corrected chi connectivity index (χ4v) is 1.84. The van der Waals surface area contributed by atoms with Gasteiger partial charge in [-0.25, -0.2) is 0 Å². The Labute approximate surface area is 102 Å². The Morgan fingerprint density at radius 1 is 0.882 bits per heavy atom. The van der Waals surface area contributed by atoms with Gasteiger partial charge in [0.05, 0.1) is 5.71 Å². The van der Waals surface area contributed by atoms with Crippen molar-refractivity contribution in [1.82, 2.24) is 0 Å². The van der Waals surface area contributed by atoms with E-state index in [9.17, 15) is 0 Å². The second kappa shape index (κ2) is 4.83. The highest BCUT2D eigenvalue weighted by molar-refractivity contribution is 6.14. The average molecular weight is 224 g/mol. The van der Waals surface area contributed by atoms with Crippen LogP contribution in [0.1, 0.15) is 11.1 Å². The van der Waals surface area contributed by atoms with Crippen LogP contribution in [-0.4, -0.2) is 19.8 Å². The van der Waals surface area contributed by atoms with Crippen molar-refractivity contribution < 1.29 is 0 Å². The zero-order valence-electron chi connectivity index (χ0n) is 10.1. The topological polar surface area (TPSA) is 27.1 Å². The minimum absolute atomic E-state index is 0.565. The van der Waals surface area contributed by atoms with E-state index in [1.165, 1.54) is 0 Å². The molecule has 0 amide bonds. The van der Waals surface area contributed by atoms with Gasteiger partial charge >= 0.3 is 0 Å². The molecule has 0 heterocycles. The zero-order valence-corrected chi connectivity index (χ0v) is 10.1. The number of nitrogens with zero attached hydrogens (tertiary/aromatic N) is 1. The standard InChI is InChI=1S/C15H16N2/c1-17(2)14-11-7-6-10-13(14)15(16)12-8-4-3-5-9-12/h3-11,16H,1-2H3. The van der Waals surface area contributed by atoms with Crippen LogP contribution in [0.5, 0.6) is 0 Å². The van der Waals surface area contributed by atoms with E-state index in [0.29, 0.717) is 5.71 Å². The molecule has 2 aromatic carbocycles. The van der Waals surface area contributed by atoms with Crippen molar-refractivity contribution in [2.75, 3.05) is 19.0 Å². The maximum atomic E-state index is 8.28. The minimum Gasteiger partial charge on any atom is -0.377 e. The summed E-state index contributed by atoms with van der Waals surface area (Å²) in [6, 6.07) is 17.8. The summed E-state index contributed by atoms with van der Waals surface area (Å²) in [6.45, 7) is 0. The van der Waals surface area contributed by atoms with Crippen LogP contribution in [0.3, 0.4) is 0 Å². The molecule has 0 saturated heterocycles. The van der Waals surface area contributed by atoms with Crippen molar-refractivity contribution >= 4 is 11.4 Å². The molecule has 0 aliphatic heterocycles. The van der Waals surface area contributed by atoms with Crippen LogP contribution in [0.15, 0.2) is 54.6 Å².